The molecule has 2 aromatic rings. The zero-order valence-electron chi connectivity index (χ0n) is 17.5. The third kappa shape index (κ3) is 5.64. The van der Waals surface area contributed by atoms with E-state index in [4.69, 9.17) is 9.47 Å². The Morgan fingerprint density at radius 3 is 2.48 bits per heavy atom. The number of methoxy groups -OCH3 is 1. The molecule has 0 saturated carbocycles. The van der Waals surface area contributed by atoms with E-state index in [0.717, 1.165) is 50.1 Å². The van der Waals surface area contributed by atoms with Gasteiger partial charge >= 0.3 is 0 Å². The minimum absolute atomic E-state index is 0.0489. The predicted octanol–water partition coefficient (Wildman–Crippen LogP) is 3.88. The van der Waals surface area contributed by atoms with Crippen molar-refractivity contribution in [2.45, 2.75) is 38.6 Å². The molecule has 5 nitrogen and oxygen atoms in total. The Labute approximate surface area is 173 Å². The molecule has 2 aromatic carbocycles. The zero-order valence-corrected chi connectivity index (χ0v) is 17.5. The van der Waals surface area contributed by atoms with Crippen LogP contribution in [0.25, 0.3) is 0 Å². The number of hydrogen-bond donors (Lipinski definition) is 2. The Hall–Kier alpha value is -2.24. The van der Waals surface area contributed by atoms with Crippen molar-refractivity contribution in [2.24, 2.45) is 5.41 Å². The lowest BCUT2D eigenvalue weighted by atomic mass is 9.76. The van der Waals surface area contributed by atoms with E-state index in [1.165, 1.54) is 0 Å². The number of aliphatic hydroxyl groups excluding tert-OH is 1. The fourth-order valence-corrected chi connectivity index (χ4v) is 4.15. The van der Waals surface area contributed by atoms with Crippen LogP contribution < -0.4 is 9.47 Å². The molecule has 1 heterocycles. The zero-order chi connectivity index (χ0) is 20.7. The molecule has 0 spiro atoms. The number of phenolic OH excluding ortho intramolecular Hbond substituents is 1. The second-order valence-electron chi connectivity index (χ2n) is 8.16. The van der Waals surface area contributed by atoms with Crippen LogP contribution in [0, 0.1) is 5.41 Å². The summed E-state index contributed by atoms with van der Waals surface area (Å²) in [5.74, 6) is 1.58. The topological polar surface area (TPSA) is 62.2 Å². The number of aromatic hydroxyl groups is 1. The molecule has 1 aliphatic rings. The van der Waals surface area contributed by atoms with Gasteiger partial charge < -0.3 is 24.6 Å². The molecule has 3 rings (SSSR count). The molecule has 1 unspecified atom stereocenters. The second-order valence-corrected chi connectivity index (χ2v) is 8.16. The maximum Gasteiger partial charge on any atom is 0.160 e. The Balaban J connectivity index is 1.49. The first-order chi connectivity index (χ1) is 14.0. The van der Waals surface area contributed by atoms with Gasteiger partial charge in [0.05, 0.1) is 13.7 Å². The van der Waals surface area contributed by atoms with E-state index in [9.17, 15) is 10.2 Å². The third-order valence-corrected chi connectivity index (χ3v) is 6.24. The van der Waals surface area contributed by atoms with Gasteiger partial charge in [-0.05, 0) is 80.9 Å². The Kier molecular flexibility index (Phi) is 7.40. The van der Waals surface area contributed by atoms with E-state index >= 15 is 0 Å². The van der Waals surface area contributed by atoms with Crippen molar-refractivity contribution in [2.75, 3.05) is 33.4 Å². The van der Waals surface area contributed by atoms with Crippen molar-refractivity contribution in [1.29, 1.82) is 0 Å². The van der Waals surface area contributed by atoms with Gasteiger partial charge in [0.25, 0.3) is 0 Å². The van der Waals surface area contributed by atoms with Crippen molar-refractivity contribution in [3.63, 3.8) is 0 Å². The lowest BCUT2D eigenvalue weighted by molar-refractivity contribution is 0.0151. The van der Waals surface area contributed by atoms with Crippen LogP contribution in [0.3, 0.4) is 0 Å². The van der Waals surface area contributed by atoms with E-state index in [2.05, 4.69) is 11.8 Å². The van der Waals surface area contributed by atoms with Crippen LogP contribution in [-0.4, -0.2) is 54.6 Å². The highest BCUT2D eigenvalue weighted by molar-refractivity contribution is 5.41. The highest BCUT2D eigenvalue weighted by Gasteiger charge is 2.35. The van der Waals surface area contributed by atoms with E-state index in [-0.39, 0.29) is 17.8 Å². The van der Waals surface area contributed by atoms with Gasteiger partial charge in [0.15, 0.2) is 11.5 Å². The van der Waals surface area contributed by atoms with Crippen LogP contribution in [0.5, 0.6) is 17.2 Å². The Morgan fingerprint density at radius 2 is 1.83 bits per heavy atom. The maximum absolute atomic E-state index is 10.1. The minimum Gasteiger partial charge on any atom is -0.504 e. The summed E-state index contributed by atoms with van der Waals surface area (Å²) >= 11 is 0. The summed E-state index contributed by atoms with van der Waals surface area (Å²) < 4.78 is 11.1. The molecule has 1 fully saturated rings. The molecule has 0 aromatic heterocycles. The lowest BCUT2D eigenvalue weighted by Gasteiger charge is -2.43. The first kappa shape index (κ1) is 21.5. The number of rotatable bonds is 9. The first-order valence-corrected chi connectivity index (χ1v) is 10.4. The molecule has 2 N–H and O–H groups in total. The third-order valence-electron chi connectivity index (χ3n) is 6.24. The average molecular weight is 400 g/mol. The summed E-state index contributed by atoms with van der Waals surface area (Å²) in [6, 6.07) is 15.8. The van der Waals surface area contributed by atoms with Crippen LogP contribution in [0.15, 0.2) is 48.5 Å². The number of phenols is 1. The molecule has 0 aliphatic carbocycles. The summed E-state index contributed by atoms with van der Waals surface area (Å²) in [7, 11) is 1.57. The predicted molar refractivity (Wildman–Crippen MR) is 115 cm³/mol. The normalized spacial score (nSPS) is 17.6. The van der Waals surface area contributed by atoms with Crippen LogP contribution in [0.2, 0.25) is 0 Å². The van der Waals surface area contributed by atoms with Crippen molar-refractivity contribution in [1.82, 2.24) is 4.90 Å². The molecular formula is C24H33NO4. The summed E-state index contributed by atoms with van der Waals surface area (Å²) in [6.45, 7) is 5.03. The molecule has 29 heavy (non-hydrogen) atoms. The fourth-order valence-electron chi connectivity index (χ4n) is 4.15. The number of hydrogen-bond acceptors (Lipinski definition) is 5. The number of nitrogens with zero attached hydrogens (tertiary/aromatic N) is 1. The number of piperidine rings is 1. The van der Waals surface area contributed by atoms with Crippen LogP contribution in [0.4, 0.5) is 0 Å². The van der Waals surface area contributed by atoms with Gasteiger partial charge in [0.1, 0.15) is 5.75 Å². The monoisotopic (exact) mass is 399 g/mol. The SMILES string of the molecule is COc1cc(CC(C)N2CCC(CO)(CCOc3ccccc3)CC2)ccc1O. The standard InChI is InChI=1S/C24H33NO4/c1-19(16-20-8-9-22(27)23(17-20)28-2)25-13-10-24(18-26,11-14-25)12-15-29-21-6-4-3-5-7-21/h3-9,17,19,26-27H,10-16,18H2,1-2H3. The number of ether oxygens (including phenoxy) is 2. The number of aliphatic hydroxyl groups is 1. The van der Waals surface area contributed by atoms with E-state index in [1.807, 2.05) is 42.5 Å². The number of likely N-dealkylation sites (tertiary alicyclic amines) is 1. The van der Waals surface area contributed by atoms with E-state index < -0.39 is 0 Å². The molecular weight excluding hydrogens is 366 g/mol. The highest BCUT2D eigenvalue weighted by atomic mass is 16.5. The molecule has 1 saturated heterocycles. The summed E-state index contributed by atoms with van der Waals surface area (Å²) in [5.41, 5.74) is 1.11. The lowest BCUT2D eigenvalue weighted by Crippen LogP contribution is -2.46. The fraction of sp³-hybridized carbons (Fsp3) is 0.500. The largest absolute Gasteiger partial charge is 0.504 e. The van der Waals surface area contributed by atoms with Gasteiger partial charge in [-0.15, -0.1) is 0 Å². The van der Waals surface area contributed by atoms with Crippen molar-refractivity contribution >= 4 is 0 Å². The molecule has 0 radical (unpaired) electrons. The summed E-state index contributed by atoms with van der Waals surface area (Å²) in [5, 5.41) is 19.8. The highest BCUT2D eigenvalue weighted by Crippen LogP contribution is 2.36. The van der Waals surface area contributed by atoms with Gasteiger partial charge in [0, 0.05) is 12.6 Å². The maximum atomic E-state index is 10.1. The molecule has 158 valence electrons. The average Bonchev–Trinajstić information content (AvgIpc) is 2.76. The van der Waals surface area contributed by atoms with E-state index in [1.54, 1.807) is 13.2 Å². The van der Waals surface area contributed by atoms with Gasteiger partial charge in [-0.2, -0.15) is 0 Å². The van der Waals surface area contributed by atoms with Crippen LogP contribution in [0.1, 0.15) is 31.7 Å². The van der Waals surface area contributed by atoms with Gasteiger partial charge in [0.2, 0.25) is 0 Å². The van der Waals surface area contributed by atoms with Gasteiger partial charge in [-0.1, -0.05) is 24.3 Å². The van der Waals surface area contributed by atoms with E-state index in [0.29, 0.717) is 18.4 Å². The summed E-state index contributed by atoms with van der Waals surface area (Å²) in [4.78, 5) is 2.49. The Morgan fingerprint density at radius 1 is 1.10 bits per heavy atom. The number of benzene rings is 2. The quantitative estimate of drug-likeness (QED) is 0.670. The van der Waals surface area contributed by atoms with Crippen molar-refractivity contribution < 1.29 is 19.7 Å². The van der Waals surface area contributed by atoms with Crippen LogP contribution >= 0.6 is 0 Å². The smallest absolute Gasteiger partial charge is 0.160 e. The van der Waals surface area contributed by atoms with Crippen LogP contribution in [-0.2, 0) is 6.42 Å². The molecule has 5 heteroatoms. The first-order valence-electron chi connectivity index (χ1n) is 10.4. The summed E-state index contributed by atoms with van der Waals surface area (Å²) in [6.07, 6.45) is 3.73. The van der Waals surface area contributed by atoms with Crippen molar-refractivity contribution in [3.05, 3.63) is 54.1 Å². The minimum atomic E-state index is -0.0489. The van der Waals surface area contributed by atoms with Gasteiger partial charge in [-0.25, -0.2) is 0 Å². The molecule has 1 aliphatic heterocycles. The second kappa shape index (κ2) is 9.99. The molecule has 0 bridgehead atoms. The van der Waals surface area contributed by atoms with Gasteiger partial charge in [-0.3, -0.25) is 0 Å². The molecule has 0 amide bonds. The molecule has 1 atom stereocenters. The van der Waals surface area contributed by atoms with Crippen molar-refractivity contribution in [3.8, 4) is 17.2 Å². The number of para-hydroxylation sites is 1. The Bertz CT molecular complexity index is 757.